The molecule has 0 saturated heterocycles. The molecule has 0 aromatic rings. The van der Waals surface area contributed by atoms with Gasteiger partial charge in [-0.1, -0.05) is 25.7 Å². The van der Waals surface area contributed by atoms with Crippen LogP contribution in [0.5, 0.6) is 0 Å². The zero-order valence-corrected chi connectivity index (χ0v) is 9.30. The van der Waals surface area contributed by atoms with Crippen molar-refractivity contribution in [1.82, 2.24) is 5.32 Å². The fourth-order valence-corrected chi connectivity index (χ4v) is 2.05. The van der Waals surface area contributed by atoms with Gasteiger partial charge in [-0.2, -0.15) is 0 Å². The van der Waals surface area contributed by atoms with Gasteiger partial charge in [0.15, 0.2) is 0 Å². The van der Waals surface area contributed by atoms with E-state index >= 15 is 0 Å². The number of rotatable bonds is 4. The first kappa shape index (κ1) is 12.5. The first-order valence-corrected chi connectivity index (χ1v) is 5.85. The average molecular weight is 214 g/mol. The summed E-state index contributed by atoms with van der Waals surface area (Å²) in [6, 6.07) is 0. The lowest BCUT2D eigenvalue weighted by Crippen LogP contribution is -2.42. The van der Waals surface area contributed by atoms with Crippen molar-refractivity contribution in [1.29, 1.82) is 0 Å². The number of carbonyl (C=O) groups excluding carboxylic acids is 1. The molecular weight excluding hydrogens is 192 g/mol. The molecule has 4 nitrogen and oxygen atoms in total. The van der Waals surface area contributed by atoms with E-state index in [0.717, 1.165) is 25.7 Å². The van der Waals surface area contributed by atoms with Crippen molar-refractivity contribution >= 4 is 5.91 Å². The van der Waals surface area contributed by atoms with Gasteiger partial charge >= 0.3 is 0 Å². The molecule has 0 radical (unpaired) electrons. The summed E-state index contributed by atoms with van der Waals surface area (Å²) < 4.78 is 0. The second-order valence-electron chi connectivity index (χ2n) is 4.45. The number of amides is 1. The van der Waals surface area contributed by atoms with Gasteiger partial charge in [0.25, 0.3) is 0 Å². The lowest BCUT2D eigenvalue weighted by atomic mass is 9.94. The Balaban J connectivity index is 2.30. The zero-order chi connectivity index (χ0) is 11.1. The van der Waals surface area contributed by atoms with E-state index < -0.39 is 5.60 Å². The van der Waals surface area contributed by atoms with Gasteiger partial charge in [0.05, 0.1) is 5.60 Å². The minimum Gasteiger partial charge on any atom is -0.388 e. The van der Waals surface area contributed by atoms with E-state index in [1.165, 1.54) is 12.8 Å². The Morgan fingerprint density at radius 3 is 2.40 bits per heavy atom. The quantitative estimate of drug-likeness (QED) is 0.598. The van der Waals surface area contributed by atoms with Gasteiger partial charge in [-0.05, 0) is 12.8 Å². The van der Waals surface area contributed by atoms with Gasteiger partial charge in [-0.25, -0.2) is 0 Å². The molecule has 15 heavy (non-hydrogen) atoms. The summed E-state index contributed by atoms with van der Waals surface area (Å²) in [4.78, 5) is 11.2. The van der Waals surface area contributed by atoms with Crippen LogP contribution in [0.2, 0.25) is 0 Å². The van der Waals surface area contributed by atoms with Gasteiger partial charge in [-0.15, -0.1) is 0 Å². The maximum absolute atomic E-state index is 11.2. The number of nitrogens with one attached hydrogen (secondary N) is 1. The average Bonchev–Trinajstić information content (AvgIpc) is 2.42. The molecule has 1 fully saturated rings. The van der Waals surface area contributed by atoms with Gasteiger partial charge < -0.3 is 16.2 Å². The molecule has 1 saturated carbocycles. The Bertz CT molecular complexity index is 199. The highest BCUT2D eigenvalue weighted by Crippen LogP contribution is 2.26. The van der Waals surface area contributed by atoms with Crippen LogP contribution in [0.25, 0.3) is 0 Å². The van der Waals surface area contributed by atoms with Crippen molar-refractivity contribution in [3.63, 3.8) is 0 Å². The van der Waals surface area contributed by atoms with Crippen molar-refractivity contribution in [2.24, 2.45) is 5.73 Å². The minimum absolute atomic E-state index is 0.0600. The van der Waals surface area contributed by atoms with E-state index in [2.05, 4.69) is 5.32 Å². The van der Waals surface area contributed by atoms with Crippen molar-refractivity contribution in [2.75, 3.05) is 13.1 Å². The monoisotopic (exact) mass is 214 g/mol. The molecule has 0 spiro atoms. The molecule has 0 bridgehead atoms. The van der Waals surface area contributed by atoms with E-state index in [9.17, 15) is 9.90 Å². The number of carbonyl (C=O) groups is 1. The van der Waals surface area contributed by atoms with Crippen molar-refractivity contribution < 1.29 is 9.90 Å². The predicted molar refractivity (Wildman–Crippen MR) is 59.3 cm³/mol. The maximum Gasteiger partial charge on any atom is 0.221 e. The second-order valence-corrected chi connectivity index (χ2v) is 4.45. The van der Waals surface area contributed by atoms with Crippen LogP contribution >= 0.6 is 0 Å². The minimum atomic E-state index is -0.680. The van der Waals surface area contributed by atoms with Gasteiger partial charge in [-0.3, -0.25) is 4.79 Å². The molecule has 4 heteroatoms. The maximum atomic E-state index is 11.2. The third-order valence-corrected chi connectivity index (χ3v) is 3.02. The summed E-state index contributed by atoms with van der Waals surface area (Å²) in [5.74, 6) is -0.0600. The van der Waals surface area contributed by atoms with E-state index in [0.29, 0.717) is 19.5 Å². The Morgan fingerprint density at radius 1 is 1.27 bits per heavy atom. The van der Waals surface area contributed by atoms with Crippen LogP contribution in [0, 0.1) is 0 Å². The summed E-state index contributed by atoms with van der Waals surface area (Å²) in [7, 11) is 0. The fourth-order valence-electron chi connectivity index (χ4n) is 2.05. The highest BCUT2D eigenvalue weighted by atomic mass is 16.3. The molecule has 0 heterocycles. The van der Waals surface area contributed by atoms with Crippen molar-refractivity contribution in [3.8, 4) is 0 Å². The Hall–Kier alpha value is -0.610. The molecule has 1 amide bonds. The summed E-state index contributed by atoms with van der Waals surface area (Å²) in [6.45, 7) is 0.746. The van der Waals surface area contributed by atoms with E-state index in [1.54, 1.807) is 0 Å². The normalized spacial score (nSPS) is 20.7. The van der Waals surface area contributed by atoms with Crippen molar-refractivity contribution in [3.05, 3.63) is 0 Å². The number of aliphatic hydroxyl groups is 1. The molecule has 1 aliphatic carbocycles. The smallest absolute Gasteiger partial charge is 0.221 e. The highest BCUT2D eigenvalue weighted by molar-refractivity contribution is 5.76. The summed E-state index contributed by atoms with van der Waals surface area (Å²) in [5, 5.41) is 13.0. The lowest BCUT2D eigenvalue weighted by molar-refractivity contribution is -0.122. The second kappa shape index (κ2) is 6.08. The number of hydrogen-bond acceptors (Lipinski definition) is 3. The molecule has 1 rings (SSSR count). The zero-order valence-electron chi connectivity index (χ0n) is 9.30. The first-order valence-electron chi connectivity index (χ1n) is 5.85. The molecule has 0 aromatic carbocycles. The van der Waals surface area contributed by atoms with Crippen LogP contribution in [0.3, 0.4) is 0 Å². The van der Waals surface area contributed by atoms with Crippen LogP contribution in [0.15, 0.2) is 0 Å². The van der Waals surface area contributed by atoms with E-state index in [-0.39, 0.29) is 5.91 Å². The molecule has 0 unspecified atom stereocenters. The van der Waals surface area contributed by atoms with Crippen LogP contribution in [-0.2, 0) is 4.79 Å². The van der Waals surface area contributed by atoms with E-state index in [4.69, 9.17) is 5.73 Å². The largest absolute Gasteiger partial charge is 0.388 e. The molecule has 0 atom stereocenters. The molecule has 0 aliphatic heterocycles. The molecule has 88 valence electrons. The molecule has 0 aromatic heterocycles. The van der Waals surface area contributed by atoms with Crippen molar-refractivity contribution in [2.45, 2.75) is 50.5 Å². The number of hydrogen-bond donors (Lipinski definition) is 3. The standard InChI is InChI=1S/C11H22N2O2/c12-8-5-10(14)13-9-11(15)6-3-1-2-4-7-11/h15H,1-9,12H2,(H,13,14). The SMILES string of the molecule is NCCC(=O)NCC1(O)CCCCCC1. The Labute approximate surface area is 91.2 Å². The fraction of sp³-hybridized carbons (Fsp3) is 0.909. The van der Waals surface area contributed by atoms with Crippen LogP contribution in [-0.4, -0.2) is 29.7 Å². The molecular formula is C11H22N2O2. The van der Waals surface area contributed by atoms with Crippen LogP contribution in [0.4, 0.5) is 0 Å². The summed E-state index contributed by atoms with van der Waals surface area (Å²) in [6.07, 6.45) is 6.45. The Morgan fingerprint density at radius 2 is 1.87 bits per heavy atom. The van der Waals surface area contributed by atoms with Crippen LogP contribution < -0.4 is 11.1 Å². The van der Waals surface area contributed by atoms with Gasteiger partial charge in [0, 0.05) is 19.5 Å². The number of nitrogens with two attached hydrogens (primary N) is 1. The summed E-state index contributed by atoms with van der Waals surface area (Å²) in [5.41, 5.74) is 4.59. The molecule has 1 aliphatic rings. The predicted octanol–water partition coefficient (Wildman–Crippen LogP) is 0.537. The van der Waals surface area contributed by atoms with Gasteiger partial charge in [0.1, 0.15) is 0 Å². The Kier molecular flexibility index (Phi) is 5.05. The summed E-state index contributed by atoms with van der Waals surface area (Å²) >= 11 is 0. The third-order valence-electron chi connectivity index (χ3n) is 3.02. The van der Waals surface area contributed by atoms with Gasteiger partial charge in [0.2, 0.25) is 5.91 Å². The van der Waals surface area contributed by atoms with E-state index in [1.807, 2.05) is 0 Å². The highest BCUT2D eigenvalue weighted by Gasteiger charge is 2.27. The van der Waals surface area contributed by atoms with Crippen LogP contribution in [0.1, 0.15) is 44.9 Å². The third kappa shape index (κ3) is 4.62. The molecule has 4 N–H and O–H groups in total. The lowest BCUT2D eigenvalue weighted by Gasteiger charge is -2.26. The first-order chi connectivity index (χ1) is 7.16. The topological polar surface area (TPSA) is 75.4 Å².